The number of halogens is 2. The molecule has 0 radical (unpaired) electrons. The predicted octanol–water partition coefficient (Wildman–Crippen LogP) is 4.35. The van der Waals surface area contributed by atoms with Crippen molar-refractivity contribution in [2.45, 2.75) is 0 Å². The van der Waals surface area contributed by atoms with Gasteiger partial charge in [0.1, 0.15) is 0 Å². The van der Waals surface area contributed by atoms with Gasteiger partial charge in [-0.25, -0.2) is 0 Å². The Balaban J connectivity index is 2.60. The van der Waals surface area contributed by atoms with E-state index in [1.54, 1.807) is 6.07 Å². The maximum absolute atomic E-state index is 5.92. The van der Waals surface area contributed by atoms with Gasteiger partial charge in [0.25, 0.3) is 0 Å². The van der Waals surface area contributed by atoms with Crippen LogP contribution in [0, 0.1) is 0 Å². The third-order valence-corrected chi connectivity index (χ3v) is 3.10. The minimum atomic E-state index is 0.656. The highest BCUT2D eigenvalue weighted by molar-refractivity contribution is 9.10. The molecule has 3 heteroatoms. The largest absolute Gasteiger partial charge is 0.398 e. The number of nitrogens with two attached hydrogens (primary N) is 1. The van der Waals surface area contributed by atoms with Gasteiger partial charge < -0.3 is 5.73 Å². The average Bonchev–Trinajstić information content (AvgIpc) is 2.20. The fourth-order valence-electron chi connectivity index (χ4n) is 1.46. The van der Waals surface area contributed by atoms with Crippen molar-refractivity contribution in [3.8, 4) is 11.1 Å². The fourth-order valence-corrected chi connectivity index (χ4v) is 2.14. The lowest BCUT2D eigenvalue weighted by atomic mass is 10.0. The molecule has 0 saturated carbocycles. The van der Waals surface area contributed by atoms with Gasteiger partial charge in [0.2, 0.25) is 0 Å². The molecule has 2 N–H and O–H groups in total. The number of anilines is 1. The maximum Gasteiger partial charge on any atom is 0.0426 e. The molecule has 2 aromatic carbocycles. The van der Waals surface area contributed by atoms with Crippen LogP contribution in [-0.2, 0) is 0 Å². The Labute approximate surface area is 102 Å². The van der Waals surface area contributed by atoms with Crippen molar-refractivity contribution in [1.29, 1.82) is 0 Å². The quantitative estimate of drug-likeness (QED) is 0.773. The van der Waals surface area contributed by atoms with Crippen molar-refractivity contribution in [1.82, 2.24) is 0 Å². The number of rotatable bonds is 1. The first kappa shape index (κ1) is 10.5. The van der Waals surface area contributed by atoms with Gasteiger partial charge in [0, 0.05) is 20.7 Å². The van der Waals surface area contributed by atoms with Gasteiger partial charge in [-0.1, -0.05) is 51.8 Å². The van der Waals surface area contributed by atoms with E-state index in [-0.39, 0.29) is 0 Å². The lowest BCUT2D eigenvalue weighted by molar-refractivity contribution is 1.58. The molecule has 0 spiro atoms. The number of hydrogen-bond acceptors (Lipinski definition) is 1. The van der Waals surface area contributed by atoms with Crippen molar-refractivity contribution in [2.24, 2.45) is 0 Å². The van der Waals surface area contributed by atoms with Crippen LogP contribution in [0.2, 0.25) is 5.02 Å². The molecule has 0 unspecified atom stereocenters. The molecule has 2 aromatic rings. The Morgan fingerprint density at radius 2 is 1.73 bits per heavy atom. The van der Waals surface area contributed by atoms with Crippen LogP contribution in [0.3, 0.4) is 0 Å². The zero-order valence-electron chi connectivity index (χ0n) is 7.87. The summed E-state index contributed by atoms with van der Waals surface area (Å²) < 4.78 is 1.03. The van der Waals surface area contributed by atoms with E-state index in [9.17, 15) is 0 Å². The summed E-state index contributed by atoms with van der Waals surface area (Å²) >= 11 is 9.35. The van der Waals surface area contributed by atoms with Crippen LogP contribution in [0.15, 0.2) is 46.9 Å². The minimum absolute atomic E-state index is 0.656. The summed E-state index contributed by atoms with van der Waals surface area (Å²) in [6, 6.07) is 13.5. The molecule has 0 aromatic heterocycles. The summed E-state index contributed by atoms with van der Waals surface area (Å²) in [5.74, 6) is 0. The van der Waals surface area contributed by atoms with E-state index in [1.807, 2.05) is 36.4 Å². The minimum Gasteiger partial charge on any atom is -0.398 e. The fraction of sp³-hybridized carbons (Fsp3) is 0. The van der Waals surface area contributed by atoms with Gasteiger partial charge in [-0.15, -0.1) is 0 Å². The Hall–Kier alpha value is -0.990. The van der Waals surface area contributed by atoms with E-state index in [1.165, 1.54) is 0 Å². The molecule has 0 saturated heterocycles. The van der Waals surface area contributed by atoms with Crippen LogP contribution in [0.4, 0.5) is 5.69 Å². The Bertz CT molecular complexity index is 497. The molecule has 0 aliphatic rings. The molecule has 0 fully saturated rings. The molecule has 1 nitrogen and oxygen atoms in total. The second-order valence-electron chi connectivity index (χ2n) is 3.21. The van der Waals surface area contributed by atoms with Crippen LogP contribution in [-0.4, -0.2) is 0 Å². The van der Waals surface area contributed by atoms with Crippen LogP contribution >= 0.6 is 27.5 Å². The van der Waals surface area contributed by atoms with E-state index >= 15 is 0 Å². The van der Waals surface area contributed by atoms with Crippen molar-refractivity contribution in [3.63, 3.8) is 0 Å². The Morgan fingerprint density at radius 3 is 2.40 bits per heavy atom. The van der Waals surface area contributed by atoms with Crippen LogP contribution in [0.25, 0.3) is 11.1 Å². The molecule has 0 aliphatic carbocycles. The van der Waals surface area contributed by atoms with Crippen LogP contribution < -0.4 is 5.73 Å². The first-order valence-electron chi connectivity index (χ1n) is 4.48. The third-order valence-electron chi connectivity index (χ3n) is 2.18. The van der Waals surface area contributed by atoms with Crippen molar-refractivity contribution < 1.29 is 0 Å². The van der Waals surface area contributed by atoms with Gasteiger partial charge in [-0.2, -0.15) is 0 Å². The van der Waals surface area contributed by atoms with Gasteiger partial charge in [0.15, 0.2) is 0 Å². The molecular formula is C12H9BrClN. The predicted molar refractivity (Wildman–Crippen MR) is 69.0 cm³/mol. The average molecular weight is 283 g/mol. The second kappa shape index (κ2) is 4.25. The normalized spacial score (nSPS) is 10.3. The Morgan fingerprint density at radius 1 is 1.00 bits per heavy atom. The monoisotopic (exact) mass is 281 g/mol. The standard InChI is InChI=1S/C12H9BrClN/c13-11-4-2-1-3-9(11)10-6-5-8(14)7-12(10)15/h1-7H,15H2. The van der Waals surface area contributed by atoms with Crippen molar-refractivity contribution in [2.75, 3.05) is 5.73 Å². The third kappa shape index (κ3) is 2.16. The first-order chi connectivity index (χ1) is 7.18. The molecule has 0 amide bonds. The van der Waals surface area contributed by atoms with E-state index in [4.69, 9.17) is 17.3 Å². The number of benzene rings is 2. The summed E-state index contributed by atoms with van der Waals surface area (Å²) in [7, 11) is 0. The van der Waals surface area contributed by atoms with Gasteiger partial charge in [-0.3, -0.25) is 0 Å². The summed E-state index contributed by atoms with van der Waals surface area (Å²) in [5, 5.41) is 0.656. The van der Waals surface area contributed by atoms with Gasteiger partial charge in [-0.05, 0) is 23.8 Å². The first-order valence-corrected chi connectivity index (χ1v) is 5.65. The number of hydrogen-bond donors (Lipinski definition) is 1. The summed E-state index contributed by atoms with van der Waals surface area (Å²) in [4.78, 5) is 0. The highest BCUT2D eigenvalue weighted by Gasteiger charge is 2.05. The lowest BCUT2D eigenvalue weighted by Crippen LogP contribution is -1.90. The molecule has 0 bridgehead atoms. The molecule has 15 heavy (non-hydrogen) atoms. The van der Waals surface area contributed by atoms with Gasteiger partial charge in [0.05, 0.1) is 0 Å². The van der Waals surface area contributed by atoms with E-state index in [2.05, 4.69) is 15.9 Å². The summed E-state index contributed by atoms with van der Waals surface area (Å²) in [6.07, 6.45) is 0. The second-order valence-corrected chi connectivity index (χ2v) is 4.50. The van der Waals surface area contributed by atoms with Crippen LogP contribution in [0.1, 0.15) is 0 Å². The molecule has 0 atom stereocenters. The summed E-state index contributed by atoms with van der Waals surface area (Å²) in [5.41, 5.74) is 8.67. The molecule has 0 aliphatic heterocycles. The maximum atomic E-state index is 5.92. The molecule has 0 heterocycles. The highest BCUT2D eigenvalue weighted by Crippen LogP contribution is 2.33. The van der Waals surface area contributed by atoms with Crippen LogP contribution in [0.5, 0.6) is 0 Å². The highest BCUT2D eigenvalue weighted by atomic mass is 79.9. The molecule has 2 rings (SSSR count). The van der Waals surface area contributed by atoms with Gasteiger partial charge >= 0.3 is 0 Å². The van der Waals surface area contributed by atoms with E-state index in [0.29, 0.717) is 10.7 Å². The molecule has 76 valence electrons. The lowest BCUT2D eigenvalue weighted by Gasteiger charge is -2.07. The van der Waals surface area contributed by atoms with E-state index in [0.717, 1.165) is 15.6 Å². The zero-order valence-corrected chi connectivity index (χ0v) is 10.2. The van der Waals surface area contributed by atoms with Crippen molar-refractivity contribution in [3.05, 3.63) is 52.0 Å². The molecular weight excluding hydrogens is 273 g/mol. The SMILES string of the molecule is Nc1cc(Cl)ccc1-c1ccccc1Br. The zero-order chi connectivity index (χ0) is 10.8. The van der Waals surface area contributed by atoms with E-state index < -0.39 is 0 Å². The number of nitrogen functional groups attached to an aromatic ring is 1. The smallest absolute Gasteiger partial charge is 0.0426 e. The van der Waals surface area contributed by atoms with Crippen molar-refractivity contribution >= 4 is 33.2 Å². The Kier molecular flexibility index (Phi) is 2.98. The topological polar surface area (TPSA) is 26.0 Å². The summed E-state index contributed by atoms with van der Waals surface area (Å²) in [6.45, 7) is 0.